The fraction of sp³-hybridized carbons (Fsp3) is 0.333. The molecule has 17 heavy (non-hydrogen) atoms. The van der Waals surface area contributed by atoms with Gasteiger partial charge < -0.3 is 15.0 Å². The molecule has 0 bridgehead atoms. The van der Waals surface area contributed by atoms with E-state index >= 15 is 0 Å². The van der Waals surface area contributed by atoms with E-state index in [9.17, 15) is 22.8 Å². The second kappa shape index (κ2) is 4.48. The molecule has 0 aliphatic rings. The average Bonchev–Trinajstić information content (AvgIpc) is 2.60. The van der Waals surface area contributed by atoms with Crippen molar-refractivity contribution in [2.45, 2.75) is 12.7 Å². The highest BCUT2D eigenvalue weighted by Crippen LogP contribution is 2.32. The maximum absolute atomic E-state index is 12.6. The summed E-state index contributed by atoms with van der Waals surface area (Å²) in [6.45, 7) is -0.585. The van der Waals surface area contributed by atoms with E-state index in [4.69, 9.17) is 5.11 Å². The van der Waals surface area contributed by atoms with Crippen LogP contribution in [0.25, 0.3) is 0 Å². The largest absolute Gasteiger partial charge is 0.478 e. The minimum atomic E-state index is -4.83. The highest BCUT2D eigenvalue weighted by Gasteiger charge is 2.39. The normalized spacial score (nSPS) is 11.3. The second-order valence-corrected chi connectivity index (χ2v) is 3.18. The number of aromatic carboxylic acids is 1. The molecule has 1 rings (SSSR count). The van der Waals surface area contributed by atoms with Gasteiger partial charge in [0, 0.05) is 13.2 Å². The first-order valence-corrected chi connectivity index (χ1v) is 4.47. The first-order chi connectivity index (χ1) is 7.77. The maximum atomic E-state index is 12.6. The van der Waals surface area contributed by atoms with Gasteiger partial charge in [-0.2, -0.15) is 13.2 Å². The number of carboxylic acids is 1. The molecule has 2 N–H and O–H groups in total. The van der Waals surface area contributed by atoms with Gasteiger partial charge >= 0.3 is 12.1 Å². The maximum Gasteiger partial charge on any atom is 0.432 e. The van der Waals surface area contributed by atoms with Crippen LogP contribution in [0.2, 0.25) is 0 Å². The SMILES string of the molecule is CNC(=O)Cn1ccc(C(=O)O)c1C(F)(F)F. The third-order valence-electron chi connectivity index (χ3n) is 2.06. The molecule has 94 valence electrons. The number of carbonyl (C=O) groups excluding carboxylic acids is 1. The summed E-state index contributed by atoms with van der Waals surface area (Å²) in [7, 11) is 1.28. The predicted octanol–water partition coefficient (Wildman–Crippen LogP) is 0.951. The van der Waals surface area contributed by atoms with E-state index in [0.29, 0.717) is 4.57 Å². The zero-order valence-corrected chi connectivity index (χ0v) is 8.71. The zero-order valence-electron chi connectivity index (χ0n) is 8.71. The highest BCUT2D eigenvalue weighted by molar-refractivity contribution is 5.89. The molecule has 0 fully saturated rings. The Morgan fingerprint density at radius 2 is 2.06 bits per heavy atom. The van der Waals surface area contributed by atoms with E-state index in [1.807, 2.05) is 0 Å². The molecule has 1 amide bonds. The Morgan fingerprint density at radius 1 is 1.47 bits per heavy atom. The molecular weight excluding hydrogens is 241 g/mol. The van der Waals surface area contributed by atoms with Crippen LogP contribution in [0.5, 0.6) is 0 Å². The van der Waals surface area contributed by atoms with Crippen molar-refractivity contribution in [3.05, 3.63) is 23.5 Å². The van der Waals surface area contributed by atoms with Gasteiger partial charge in [-0.25, -0.2) is 4.79 Å². The Balaban J connectivity index is 3.23. The third kappa shape index (κ3) is 2.77. The molecule has 0 aliphatic heterocycles. The monoisotopic (exact) mass is 250 g/mol. The first kappa shape index (κ1) is 13.1. The first-order valence-electron chi connectivity index (χ1n) is 4.47. The van der Waals surface area contributed by atoms with Crippen molar-refractivity contribution in [2.75, 3.05) is 7.05 Å². The van der Waals surface area contributed by atoms with E-state index in [1.54, 1.807) is 0 Å². The summed E-state index contributed by atoms with van der Waals surface area (Å²) in [5.41, 5.74) is -2.21. The lowest BCUT2D eigenvalue weighted by atomic mass is 10.2. The Morgan fingerprint density at radius 3 is 2.47 bits per heavy atom. The van der Waals surface area contributed by atoms with Crippen LogP contribution in [-0.2, 0) is 17.5 Å². The molecule has 0 aliphatic carbocycles. The summed E-state index contributed by atoms with van der Waals surface area (Å²) in [5, 5.41) is 10.8. The zero-order chi connectivity index (χ0) is 13.2. The number of amides is 1. The molecule has 1 aromatic heterocycles. The van der Waals surface area contributed by atoms with Crippen LogP contribution in [0.1, 0.15) is 16.1 Å². The van der Waals surface area contributed by atoms with E-state index in [0.717, 1.165) is 12.3 Å². The molecule has 0 saturated heterocycles. The molecule has 8 heteroatoms. The fourth-order valence-corrected chi connectivity index (χ4v) is 1.33. The average molecular weight is 250 g/mol. The molecule has 5 nitrogen and oxygen atoms in total. The van der Waals surface area contributed by atoms with Crippen LogP contribution in [-0.4, -0.2) is 28.6 Å². The summed E-state index contributed by atoms with van der Waals surface area (Å²) < 4.78 is 38.5. The van der Waals surface area contributed by atoms with E-state index in [2.05, 4.69) is 5.32 Å². The van der Waals surface area contributed by atoms with Crippen molar-refractivity contribution < 1.29 is 27.9 Å². The van der Waals surface area contributed by atoms with Gasteiger partial charge in [-0.05, 0) is 6.07 Å². The summed E-state index contributed by atoms with van der Waals surface area (Å²) in [4.78, 5) is 21.6. The van der Waals surface area contributed by atoms with E-state index in [-0.39, 0.29) is 0 Å². The van der Waals surface area contributed by atoms with Gasteiger partial charge in [0.1, 0.15) is 12.2 Å². The lowest BCUT2D eigenvalue weighted by Gasteiger charge is -2.12. The van der Waals surface area contributed by atoms with Crippen molar-refractivity contribution in [3.63, 3.8) is 0 Å². The number of hydrogen-bond donors (Lipinski definition) is 2. The molecular formula is C9H9F3N2O3. The Kier molecular flexibility index (Phi) is 3.45. The van der Waals surface area contributed by atoms with Crippen LogP contribution < -0.4 is 5.32 Å². The Labute approximate surface area is 93.8 Å². The lowest BCUT2D eigenvalue weighted by molar-refractivity contribution is -0.144. The predicted molar refractivity (Wildman–Crippen MR) is 50.5 cm³/mol. The Hall–Kier alpha value is -1.99. The number of aromatic nitrogens is 1. The van der Waals surface area contributed by atoms with Crippen molar-refractivity contribution in [2.24, 2.45) is 0 Å². The third-order valence-corrected chi connectivity index (χ3v) is 2.06. The van der Waals surface area contributed by atoms with E-state index < -0.39 is 35.9 Å². The lowest BCUT2D eigenvalue weighted by Crippen LogP contribution is -2.26. The minimum Gasteiger partial charge on any atom is -0.478 e. The van der Waals surface area contributed by atoms with Crippen molar-refractivity contribution in [1.29, 1.82) is 0 Å². The summed E-state index contributed by atoms with van der Waals surface area (Å²) in [6, 6.07) is 0.814. The van der Waals surface area contributed by atoms with Crippen LogP contribution in [0, 0.1) is 0 Å². The highest BCUT2D eigenvalue weighted by atomic mass is 19.4. The van der Waals surface area contributed by atoms with E-state index in [1.165, 1.54) is 7.05 Å². The number of rotatable bonds is 3. The van der Waals surface area contributed by atoms with Gasteiger partial charge in [-0.1, -0.05) is 0 Å². The van der Waals surface area contributed by atoms with Crippen LogP contribution in [0.4, 0.5) is 13.2 Å². The number of alkyl halides is 3. The number of nitrogens with zero attached hydrogens (tertiary/aromatic N) is 1. The van der Waals surface area contributed by atoms with Gasteiger partial charge in [0.15, 0.2) is 0 Å². The molecule has 0 radical (unpaired) electrons. The molecule has 0 spiro atoms. The topological polar surface area (TPSA) is 71.3 Å². The Bertz CT molecular complexity index is 451. The number of halogens is 3. The summed E-state index contributed by atoms with van der Waals surface area (Å²) >= 11 is 0. The van der Waals surface area contributed by atoms with Gasteiger partial charge in [-0.15, -0.1) is 0 Å². The quantitative estimate of drug-likeness (QED) is 0.839. The minimum absolute atomic E-state index is 0.558. The second-order valence-electron chi connectivity index (χ2n) is 3.18. The van der Waals surface area contributed by atoms with Crippen molar-refractivity contribution >= 4 is 11.9 Å². The standard InChI is InChI=1S/C9H9F3N2O3/c1-13-6(15)4-14-3-2-5(8(16)17)7(14)9(10,11)12/h2-3H,4H2,1H3,(H,13,15)(H,16,17). The van der Waals surface area contributed by atoms with Crippen molar-refractivity contribution in [1.82, 2.24) is 9.88 Å². The molecule has 1 heterocycles. The van der Waals surface area contributed by atoms with Crippen LogP contribution in [0.3, 0.4) is 0 Å². The molecule has 0 unspecified atom stereocenters. The number of carboxylic acid groups (broad SMARTS) is 1. The summed E-state index contributed by atoms with van der Waals surface area (Å²) in [5.74, 6) is -2.34. The van der Waals surface area contributed by atoms with Gasteiger partial charge in [0.05, 0.1) is 5.56 Å². The van der Waals surface area contributed by atoms with Gasteiger partial charge in [-0.3, -0.25) is 4.79 Å². The fourth-order valence-electron chi connectivity index (χ4n) is 1.33. The van der Waals surface area contributed by atoms with Gasteiger partial charge in [0.2, 0.25) is 5.91 Å². The van der Waals surface area contributed by atoms with Gasteiger partial charge in [0.25, 0.3) is 0 Å². The smallest absolute Gasteiger partial charge is 0.432 e. The summed E-state index contributed by atoms with van der Waals surface area (Å²) in [6.07, 6.45) is -3.91. The molecule has 1 aromatic rings. The molecule has 0 saturated carbocycles. The number of likely N-dealkylation sites (N-methyl/N-ethyl adjacent to an activating group) is 1. The number of nitrogens with one attached hydrogen (secondary N) is 1. The van der Waals surface area contributed by atoms with Crippen LogP contribution in [0.15, 0.2) is 12.3 Å². The molecule has 0 atom stereocenters. The van der Waals surface area contributed by atoms with Crippen LogP contribution >= 0.6 is 0 Å². The number of hydrogen-bond acceptors (Lipinski definition) is 2. The van der Waals surface area contributed by atoms with Crippen molar-refractivity contribution in [3.8, 4) is 0 Å². The molecule has 0 aromatic carbocycles. The number of carbonyl (C=O) groups is 2.